The monoisotopic (exact) mass is 388 g/mol. The molecule has 0 bridgehead atoms. The van der Waals surface area contributed by atoms with Gasteiger partial charge >= 0.3 is 0 Å². The molecule has 0 aliphatic carbocycles. The van der Waals surface area contributed by atoms with Gasteiger partial charge in [0.05, 0.1) is 5.69 Å². The van der Waals surface area contributed by atoms with E-state index in [9.17, 15) is 0 Å². The van der Waals surface area contributed by atoms with Crippen molar-refractivity contribution in [3.8, 4) is 0 Å². The Labute approximate surface area is 133 Å². The summed E-state index contributed by atoms with van der Waals surface area (Å²) in [5, 5.41) is 3.67. The Bertz CT molecular complexity index is 434. The third-order valence-corrected chi connectivity index (χ3v) is 4.79. The van der Waals surface area contributed by atoms with E-state index in [2.05, 4.69) is 81.0 Å². The van der Waals surface area contributed by atoms with E-state index >= 15 is 0 Å². The molecule has 1 heterocycles. The number of benzene rings is 1. The van der Waals surface area contributed by atoms with Gasteiger partial charge in [-0.25, -0.2) is 0 Å². The van der Waals surface area contributed by atoms with E-state index < -0.39 is 0 Å². The Hall–Kier alpha value is -0.0600. The van der Waals surface area contributed by atoms with Crippen molar-refractivity contribution in [2.75, 3.05) is 18.0 Å². The van der Waals surface area contributed by atoms with Crippen LogP contribution >= 0.6 is 31.9 Å². The zero-order valence-corrected chi connectivity index (χ0v) is 15.0. The molecule has 0 saturated carbocycles. The van der Waals surface area contributed by atoms with Gasteiger partial charge in [-0.2, -0.15) is 0 Å². The van der Waals surface area contributed by atoms with Crippen molar-refractivity contribution >= 4 is 37.5 Å². The number of rotatable bonds is 3. The first-order valence-electron chi connectivity index (χ1n) is 6.92. The smallest absolute Gasteiger partial charge is 0.0525 e. The Morgan fingerprint density at radius 3 is 2.79 bits per heavy atom. The SMILES string of the molecule is CC(C)CC1CN(c2cc(Br)ccc2Br)C(C)CN1. The average molecular weight is 390 g/mol. The third kappa shape index (κ3) is 3.96. The summed E-state index contributed by atoms with van der Waals surface area (Å²) in [5.41, 5.74) is 1.29. The fraction of sp³-hybridized carbons (Fsp3) is 0.600. The fourth-order valence-electron chi connectivity index (χ4n) is 2.70. The lowest BCUT2D eigenvalue weighted by atomic mass is 9.99. The third-order valence-electron chi connectivity index (χ3n) is 3.62. The maximum Gasteiger partial charge on any atom is 0.0525 e. The van der Waals surface area contributed by atoms with Crippen LogP contribution in [0.4, 0.5) is 5.69 Å². The van der Waals surface area contributed by atoms with Gasteiger partial charge < -0.3 is 10.2 Å². The van der Waals surface area contributed by atoms with Gasteiger partial charge in [0.15, 0.2) is 0 Å². The molecule has 1 aliphatic heterocycles. The maximum absolute atomic E-state index is 3.68. The van der Waals surface area contributed by atoms with Gasteiger partial charge in [0.1, 0.15) is 0 Å². The highest BCUT2D eigenvalue weighted by molar-refractivity contribution is 9.11. The topological polar surface area (TPSA) is 15.3 Å². The molecule has 1 aromatic carbocycles. The molecule has 0 spiro atoms. The molecule has 0 aromatic heterocycles. The molecule has 0 amide bonds. The average Bonchev–Trinajstić information content (AvgIpc) is 2.34. The highest BCUT2D eigenvalue weighted by Gasteiger charge is 2.26. The van der Waals surface area contributed by atoms with Crippen LogP contribution in [0.2, 0.25) is 0 Å². The van der Waals surface area contributed by atoms with Crippen molar-refractivity contribution in [2.45, 2.75) is 39.3 Å². The first kappa shape index (κ1) is 15.3. The number of nitrogens with one attached hydrogen (secondary N) is 1. The summed E-state index contributed by atoms with van der Waals surface area (Å²) < 4.78 is 2.31. The first-order chi connectivity index (χ1) is 8.97. The molecule has 0 radical (unpaired) electrons. The molecule has 2 rings (SSSR count). The number of anilines is 1. The minimum atomic E-state index is 0.522. The lowest BCUT2D eigenvalue weighted by Crippen LogP contribution is -2.56. The summed E-state index contributed by atoms with van der Waals surface area (Å²) in [5.74, 6) is 0.735. The van der Waals surface area contributed by atoms with Crippen molar-refractivity contribution in [3.63, 3.8) is 0 Å². The van der Waals surface area contributed by atoms with Crippen LogP contribution in [0.3, 0.4) is 0 Å². The quantitative estimate of drug-likeness (QED) is 0.822. The molecule has 1 aliphatic rings. The van der Waals surface area contributed by atoms with Crippen molar-refractivity contribution in [1.82, 2.24) is 5.32 Å². The van der Waals surface area contributed by atoms with E-state index in [0.29, 0.717) is 12.1 Å². The molecule has 106 valence electrons. The fourth-order valence-corrected chi connectivity index (χ4v) is 3.52. The number of halogens is 2. The van der Waals surface area contributed by atoms with E-state index in [1.54, 1.807) is 0 Å². The number of piperazine rings is 1. The standard InChI is InChI=1S/C15H22Br2N2/c1-10(2)6-13-9-19(11(3)8-18-13)15-7-12(16)4-5-14(15)17/h4-5,7,10-11,13,18H,6,8-9H2,1-3H3. The van der Waals surface area contributed by atoms with Crippen molar-refractivity contribution in [3.05, 3.63) is 27.1 Å². The predicted octanol–water partition coefficient (Wildman–Crippen LogP) is 4.42. The lowest BCUT2D eigenvalue weighted by molar-refractivity contribution is 0.355. The first-order valence-corrected chi connectivity index (χ1v) is 8.51. The summed E-state index contributed by atoms with van der Waals surface area (Å²) >= 11 is 7.26. The minimum Gasteiger partial charge on any atom is -0.365 e. The largest absolute Gasteiger partial charge is 0.365 e. The van der Waals surface area contributed by atoms with Crippen molar-refractivity contribution in [2.24, 2.45) is 5.92 Å². The molecule has 1 fully saturated rings. The highest BCUT2D eigenvalue weighted by Crippen LogP contribution is 2.32. The van der Waals surface area contributed by atoms with Crippen molar-refractivity contribution in [1.29, 1.82) is 0 Å². The van der Waals surface area contributed by atoms with Crippen LogP contribution in [0.5, 0.6) is 0 Å². The molecule has 1 N–H and O–H groups in total. The van der Waals surface area contributed by atoms with Crippen LogP contribution < -0.4 is 10.2 Å². The molecule has 2 unspecified atom stereocenters. The summed E-state index contributed by atoms with van der Waals surface area (Å²) in [4.78, 5) is 2.51. The molecule has 1 saturated heterocycles. The number of hydrogen-bond acceptors (Lipinski definition) is 2. The van der Waals surface area contributed by atoms with Gasteiger partial charge in [-0.3, -0.25) is 0 Å². The van der Waals surface area contributed by atoms with E-state index in [1.807, 2.05) is 0 Å². The van der Waals surface area contributed by atoms with Crippen LogP contribution in [-0.2, 0) is 0 Å². The van der Waals surface area contributed by atoms with Gasteiger partial charge in [0.2, 0.25) is 0 Å². The van der Waals surface area contributed by atoms with E-state index in [1.165, 1.54) is 16.6 Å². The summed E-state index contributed by atoms with van der Waals surface area (Å²) in [6, 6.07) is 7.51. The Balaban J connectivity index is 2.18. The van der Waals surface area contributed by atoms with Crippen LogP contribution in [0.1, 0.15) is 27.2 Å². The Morgan fingerprint density at radius 2 is 2.11 bits per heavy atom. The van der Waals surface area contributed by atoms with Gasteiger partial charge in [-0.15, -0.1) is 0 Å². The molecular weight excluding hydrogens is 368 g/mol. The van der Waals surface area contributed by atoms with Crippen LogP contribution in [-0.4, -0.2) is 25.2 Å². The second-order valence-electron chi connectivity index (χ2n) is 5.83. The zero-order valence-electron chi connectivity index (χ0n) is 11.8. The van der Waals surface area contributed by atoms with Gasteiger partial charge in [0.25, 0.3) is 0 Å². The second kappa shape index (κ2) is 6.59. The van der Waals surface area contributed by atoms with E-state index in [4.69, 9.17) is 0 Å². The molecule has 4 heteroatoms. The Kier molecular flexibility index (Phi) is 5.32. The molecule has 19 heavy (non-hydrogen) atoms. The molecule has 1 aromatic rings. The van der Waals surface area contributed by atoms with Crippen LogP contribution in [0, 0.1) is 5.92 Å². The normalized spacial score (nSPS) is 24.0. The molecule has 2 atom stereocenters. The number of hydrogen-bond donors (Lipinski definition) is 1. The summed E-state index contributed by atoms with van der Waals surface area (Å²) in [6.45, 7) is 8.99. The summed E-state index contributed by atoms with van der Waals surface area (Å²) in [6.07, 6.45) is 1.23. The second-order valence-corrected chi connectivity index (χ2v) is 7.60. The van der Waals surface area contributed by atoms with Crippen molar-refractivity contribution < 1.29 is 0 Å². The highest BCUT2D eigenvalue weighted by atomic mass is 79.9. The summed E-state index contributed by atoms with van der Waals surface area (Å²) in [7, 11) is 0. The van der Waals surface area contributed by atoms with E-state index in [0.717, 1.165) is 23.5 Å². The van der Waals surface area contributed by atoms with Crippen LogP contribution in [0.15, 0.2) is 27.1 Å². The molecular formula is C15H22Br2N2. The van der Waals surface area contributed by atoms with Gasteiger partial charge in [-0.1, -0.05) is 29.8 Å². The van der Waals surface area contributed by atoms with Crippen LogP contribution in [0.25, 0.3) is 0 Å². The number of nitrogens with zero attached hydrogens (tertiary/aromatic N) is 1. The Morgan fingerprint density at radius 1 is 1.37 bits per heavy atom. The molecule has 2 nitrogen and oxygen atoms in total. The lowest BCUT2D eigenvalue weighted by Gasteiger charge is -2.41. The van der Waals surface area contributed by atoms with E-state index in [-0.39, 0.29) is 0 Å². The maximum atomic E-state index is 3.68. The van der Waals surface area contributed by atoms with Gasteiger partial charge in [-0.05, 0) is 53.4 Å². The van der Waals surface area contributed by atoms with Gasteiger partial charge in [0, 0.05) is 34.1 Å². The predicted molar refractivity (Wildman–Crippen MR) is 89.9 cm³/mol. The minimum absolute atomic E-state index is 0.522. The zero-order chi connectivity index (χ0) is 14.0.